The van der Waals surface area contributed by atoms with Crippen molar-refractivity contribution in [1.29, 1.82) is 0 Å². The van der Waals surface area contributed by atoms with Crippen LogP contribution < -0.4 is 0 Å². The fraction of sp³-hybridized carbons (Fsp3) is 0.945. The predicted molar refractivity (Wildman–Crippen MR) is 372 cm³/mol. The van der Waals surface area contributed by atoms with E-state index < -0.39 is 97.5 Å². The lowest BCUT2D eigenvalue weighted by Gasteiger charge is -2.21. The first-order valence-electron chi connectivity index (χ1n) is 37.8. The molecule has 0 aliphatic rings. The Labute approximate surface area is 562 Å². The van der Waals surface area contributed by atoms with Crippen LogP contribution in [0.2, 0.25) is 0 Å². The highest BCUT2D eigenvalue weighted by Crippen LogP contribution is 2.45. The van der Waals surface area contributed by atoms with E-state index in [1.807, 2.05) is 0 Å². The highest BCUT2D eigenvalue weighted by atomic mass is 31.2. The van der Waals surface area contributed by atoms with Gasteiger partial charge in [-0.1, -0.05) is 318 Å². The molecule has 546 valence electrons. The lowest BCUT2D eigenvalue weighted by molar-refractivity contribution is -0.161. The summed E-state index contributed by atoms with van der Waals surface area (Å²) in [6, 6.07) is 0. The van der Waals surface area contributed by atoms with Crippen LogP contribution in [0.15, 0.2) is 0 Å². The van der Waals surface area contributed by atoms with Gasteiger partial charge in [-0.05, 0) is 43.4 Å². The average molecular weight is 1350 g/mol. The summed E-state index contributed by atoms with van der Waals surface area (Å²) in [6.07, 6.45) is 48.6. The minimum atomic E-state index is -4.95. The zero-order valence-corrected chi connectivity index (χ0v) is 61.8. The number of hydrogen-bond acceptors (Lipinski definition) is 15. The molecule has 0 spiro atoms. The van der Waals surface area contributed by atoms with Crippen LogP contribution in [0, 0.1) is 17.8 Å². The maximum Gasteiger partial charge on any atom is 0.472 e. The Hall–Kier alpha value is -1.94. The fourth-order valence-electron chi connectivity index (χ4n) is 11.1. The van der Waals surface area contributed by atoms with Crippen molar-refractivity contribution >= 4 is 39.5 Å². The molecule has 0 aliphatic carbocycles. The van der Waals surface area contributed by atoms with E-state index in [0.717, 1.165) is 108 Å². The van der Waals surface area contributed by atoms with E-state index in [4.69, 9.17) is 37.0 Å². The summed E-state index contributed by atoms with van der Waals surface area (Å²) in [7, 11) is -9.91. The highest BCUT2D eigenvalue weighted by molar-refractivity contribution is 7.47. The van der Waals surface area contributed by atoms with Gasteiger partial charge in [0.15, 0.2) is 12.2 Å². The molecule has 3 N–H and O–H groups in total. The van der Waals surface area contributed by atoms with Crippen molar-refractivity contribution in [3.8, 4) is 0 Å². The topological polar surface area (TPSA) is 237 Å². The molecule has 0 amide bonds. The minimum absolute atomic E-state index is 0.105. The van der Waals surface area contributed by atoms with Crippen molar-refractivity contribution in [3.63, 3.8) is 0 Å². The van der Waals surface area contributed by atoms with Gasteiger partial charge in [0.2, 0.25) is 0 Å². The van der Waals surface area contributed by atoms with Gasteiger partial charge in [0.05, 0.1) is 26.4 Å². The lowest BCUT2D eigenvalue weighted by atomic mass is 10.0. The van der Waals surface area contributed by atoms with E-state index in [9.17, 15) is 43.2 Å². The Bertz CT molecular complexity index is 1800. The number of aliphatic hydroxyl groups excluding tert-OH is 1. The maximum absolute atomic E-state index is 13.0. The first-order chi connectivity index (χ1) is 44.2. The average Bonchev–Trinajstić information content (AvgIpc) is 1.78. The van der Waals surface area contributed by atoms with Crippen LogP contribution in [0.1, 0.15) is 370 Å². The van der Waals surface area contributed by atoms with Crippen molar-refractivity contribution in [2.24, 2.45) is 17.8 Å². The summed E-state index contributed by atoms with van der Waals surface area (Å²) in [5, 5.41) is 10.6. The summed E-state index contributed by atoms with van der Waals surface area (Å²) in [5.74, 6) is 0.102. The number of ether oxygens (including phenoxy) is 4. The van der Waals surface area contributed by atoms with Gasteiger partial charge in [-0.3, -0.25) is 37.3 Å². The second kappa shape index (κ2) is 63.8. The molecule has 0 bridgehead atoms. The van der Waals surface area contributed by atoms with Crippen molar-refractivity contribution in [2.75, 3.05) is 39.6 Å². The number of carbonyl (C=O) groups is 4. The molecule has 19 heteroatoms. The molecule has 0 heterocycles. The van der Waals surface area contributed by atoms with Crippen LogP contribution in [0.4, 0.5) is 0 Å². The van der Waals surface area contributed by atoms with Crippen molar-refractivity contribution in [2.45, 2.75) is 388 Å². The normalized spacial score (nSPS) is 14.1. The molecular weight excluding hydrogens is 1210 g/mol. The number of esters is 4. The Morgan fingerprint density at radius 2 is 0.500 bits per heavy atom. The van der Waals surface area contributed by atoms with Crippen molar-refractivity contribution < 1.29 is 80.2 Å². The van der Waals surface area contributed by atoms with Crippen LogP contribution in [0.25, 0.3) is 0 Å². The Kier molecular flexibility index (Phi) is 62.4. The molecule has 0 aliphatic heterocycles. The van der Waals surface area contributed by atoms with E-state index in [1.165, 1.54) is 180 Å². The molecule has 0 aromatic carbocycles. The molecule has 0 saturated carbocycles. The molecule has 2 unspecified atom stereocenters. The van der Waals surface area contributed by atoms with Crippen LogP contribution in [0.5, 0.6) is 0 Å². The van der Waals surface area contributed by atoms with Gasteiger partial charge in [0.1, 0.15) is 19.3 Å². The van der Waals surface area contributed by atoms with Crippen molar-refractivity contribution in [3.05, 3.63) is 0 Å². The molecule has 0 radical (unpaired) electrons. The third-order valence-electron chi connectivity index (χ3n) is 16.9. The third-order valence-corrected chi connectivity index (χ3v) is 18.8. The number of phosphoric ester groups is 2. The van der Waals surface area contributed by atoms with Gasteiger partial charge in [0, 0.05) is 25.7 Å². The summed E-state index contributed by atoms with van der Waals surface area (Å²) in [6.45, 7) is 11.8. The first kappa shape index (κ1) is 90.1. The number of aliphatic hydroxyl groups is 1. The van der Waals surface area contributed by atoms with Gasteiger partial charge in [-0.15, -0.1) is 0 Å². The molecule has 0 rings (SSSR count). The molecule has 0 aromatic rings. The van der Waals surface area contributed by atoms with E-state index in [0.29, 0.717) is 25.7 Å². The smallest absolute Gasteiger partial charge is 0.462 e. The number of phosphoric acid groups is 2. The Morgan fingerprint density at radius 3 is 0.739 bits per heavy atom. The first-order valence-corrected chi connectivity index (χ1v) is 40.8. The third kappa shape index (κ3) is 66.7. The van der Waals surface area contributed by atoms with E-state index in [1.54, 1.807) is 0 Å². The molecule has 0 fully saturated rings. The highest BCUT2D eigenvalue weighted by Gasteiger charge is 2.30. The second-order valence-corrected chi connectivity index (χ2v) is 30.7. The molecule has 5 atom stereocenters. The molecular formula is C73H142O17P2. The van der Waals surface area contributed by atoms with Crippen LogP contribution in [0.3, 0.4) is 0 Å². The van der Waals surface area contributed by atoms with Crippen LogP contribution >= 0.6 is 15.6 Å². The van der Waals surface area contributed by atoms with Gasteiger partial charge in [0.25, 0.3) is 0 Å². The number of carbonyl (C=O) groups excluding carboxylic acids is 4. The summed E-state index contributed by atoms with van der Waals surface area (Å²) in [4.78, 5) is 72.7. The zero-order chi connectivity index (χ0) is 68.0. The van der Waals surface area contributed by atoms with E-state index >= 15 is 0 Å². The van der Waals surface area contributed by atoms with Crippen LogP contribution in [-0.4, -0.2) is 96.7 Å². The second-order valence-electron chi connectivity index (χ2n) is 27.8. The molecule has 0 saturated heterocycles. The number of unbranched alkanes of at least 4 members (excludes halogenated alkanes) is 39. The SMILES string of the molecule is CCCCCCCCCCCCCCCCCCC(=O)O[C@H](COC(=O)CCCCCCCCCCCC(C)C)COP(=O)(O)OC[C@@H](O)COP(=O)(O)OC[C@@H](COC(=O)CCCCCCCCCCCC(C)C)OC(=O)CCCCCCCCCCCC(C)C. The maximum atomic E-state index is 13.0. The molecule has 92 heavy (non-hydrogen) atoms. The van der Waals surface area contributed by atoms with Gasteiger partial charge >= 0.3 is 39.5 Å². The Balaban J connectivity index is 5.26. The molecule has 0 aromatic heterocycles. The standard InChI is InChI=1S/C73H142O17P2/c1-8-9-10-11-12-13-14-15-16-17-18-19-26-35-42-49-56-72(77)89-68(60-83-70(75)54-47-40-33-27-20-23-30-37-44-51-64(2)3)62-87-91(79,80)85-58-67(74)59-86-92(81,82)88-63-69(90-73(78)57-50-43-36-29-22-25-32-39-46-53-66(6)7)61-84-71(76)55-48-41-34-28-21-24-31-38-45-52-65(4)5/h64-69,74H,8-63H2,1-7H3,(H,79,80)(H,81,82)/t67-,68-,69-/m1/s1. The predicted octanol–water partition coefficient (Wildman–Crippen LogP) is 21.0. The van der Waals surface area contributed by atoms with Gasteiger partial charge in [-0.2, -0.15) is 0 Å². The number of rotatable bonds is 71. The zero-order valence-electron chi connectivity index (χ0n) is 60.0. The van der Waals surface area contributed by atoms with E-state index in [2.05, 4.69) is 48.5 Å². The number of hydrogen-bond donors (Lipinski definition) is 3. The fourth-order valence-corrected chi connectivity index (χ4v) is 12.7. The van der Waals surface area contributed by atoms with E-state index in [-0.39, 0.29) is 25.7 Å². The minimum Gasteiger partial charge on any atom is -0.462 e. The summed E-state index contributed by atoms with van der Waals surface area (Å²) >= 11 is 0. The Morgan fingerprint density at radius 1 is 0.293 bits per heavy atom. The largest absolute Gasteiger partial charge is 0.472 e. The van der Waals surface area contributed by atoms with Gasteiger partial charge in [-0.25, -0.2) is 9.13 Å². The quantitative estimate of drug-likeness (QED) is 0.0222. The van der Waals surface area contributed by atoms with Gasteiger partial charge < -0.3 is 33.8 Å². The lowest BCUT2D eigenvalue weighted by Crippen LogP contribution is -2.30. The summed E-state index contributed by atoms with van der Waals surface area (Å²) < 4.78 is 68.4. The molecule has 17 nitrogen and oxygen atoms in total. The summed E-state index contributed by atoms with van der Waals surface area (Å²) in [5.41, 5.74) is 0. The van der Waals surface area contributed by atoms with Crippen molar-refractivity contribution in [1.82, 2.24) is 0 Å². The van der Waals surface area contributed by atoms with Crippen LogP contribution in [-0.2, 0) is 65.4 Å². The monoisotopic (exact) mass is 1350 g/mol.